The molecule has 0 bridgehead atoms. The summed E-state index contributed by atoms with van der Waals surface area (Å²) in [5.74, 6) is 1.01. The molecule has 0 saturated carbocycles. The molecule has 0 radical (unpaired) electrons. The normalized spacial score (nSPS) is 20.7. The van der Waals surface area contributed by atoms with Gasteiger partial charge in [0, 0.05) is 39.4 Å². The summed E-state index contributed by atoms with van der Waals surface area (Å²) in [6.07, 6.45) is 6.43. The highest BCUT2D eigenvalue weighted by Crippen LogP contribution is 2.33. The molecule has 0 aliphatic carbocycles. The van der Waals surface area contributed by atoms with Crippen LogP contribution in [0.1, 0.15) is 12.5 Å². The summed E-state index contributed by atoms with van der Waals surface area (Å²) in [6, 6.07) is 2.35. The van der Waals surface area contributed by atoms with Gasteiger partial charge in [-0.3, -0.25) is 9.58 Å². The molecule has 0 aromatic carbocycles. The van der Waals surface area contributed by atoms with E-state index >= 15 is 0 Å². The number of carbonyl (C=O) groups is 1. The number of aromatic nitrogens is 4. The molecule has 2 aliphatic heterocycles. The Morgan fingerprint density at radius 3 is 3.00 bits per heavy atom. The fourth-order valence-electron chi connectivity index (χ4n) is 3.71. The van der Waals surface area contributed by atoms with Crippen molar-refractivity contribution in [2.75, 3.05) is 43.0 Å². The van der Waals surface area contributed by atoms with Crippen molar-refractivity contribution in [2.24, 2.45) is 0 Å². The highest BCUT2D eigenvalue weighted by Gasteiger charge is 2.30. The minimum atomic E-state index is 0.0404. The molecule has 3 aromatic heterocycles. The van der Waals surface area contributed by atoms with E-state index < -0.39 is 0 Å². The monoisotopic (exact) mass is 369 g/mol. The summed E-state index contributed by atoms with van der Waals surface area (Å²) in [5, 5.41) is 6.59. The van der Waals surface area contributed by atoms with Crippen molar-refractivity contribution in [1.29, 1.82) is 0 Å². The molecule has 2 aliphatic rings. The lowest BCUT2D eigenvalue weighted by molar-refractivity contribution is 0.229. The SMILES string of the molecule is CN1CCN(c2cnn(C3CCN(c4ncnc5ccsc45)C3)c2)C1=O. The van der Waals surface area contributed by atoms with Crippen LogP contribution in [0.3, 0.4) is 0 Å². The molecule has 2 saturated heterocycles. The van der Waals surface area contributed by atoms with Gasteiger partial charge < -0.3 is 9.80 Å². The van der Waals surface area contributed by atoms with Crippen LogP contribution in [-0.4, -0.2) is 63.9 Å². The van der Waals surface area contributed by atoms with Crippen molar-refractivity contribution in [3.63, 3.8) is 0 Å². The quantitative estimate of drug-likeness (QED) is 0.708. The number of nitrogens with zero attached hydrogens (tertiary/aromatic N) is 7. The number of urea groups is 1. The Morgan fingerprint density at radius 1 is 1.23 bits per heavy atom. The molecular weight excluding hydrogens is 350 g/mol. The van der Waals surface area contributed by atoms with Crippen LogP contribution in [0.2, 0.25) is 0 Å². The largest absolute Gasteiger partial charge is 0.353 e. The lowest BCUT2D eigenvalue weighted by Crippen LogP contribution is -2.28. The first-order valence-corrected chi connectivity index (χ1v) is 9.58. The van der Waals surface area contributed by atoms with Crippen molar-refractivity contribution in [1.82, 2.24) is 24.6 Å². The molecular formula is C17H19N7OS. The first kappa shape index (κ1) is 15.6. The number of fused-ring (bicyclic) bond motifs is 1. The summed E-state index contributed by atoms with van der Waals surface area (Å²) in [5.41, 5.74) is 1.88. The van der Waals surface area contributed by atoms with E-state index in [0.29, 0.717) is 0 Å². The number of amides is 2. The summed E-state index contributed by atoms with van der Waals surface area (Å²) >= 11 is 1.68. The third-order valence-corrected chi connectivity index (χ3v) is 6.08. The summed E-state index contributed by atoms with van der Waals surface area (Å²) in [4.78, 5) is 26.8. The van der Waals surface area contributed by atoms with E-state index in [1.165, 1.54) is 0 Å². The molecule has 1 unspecified atom stereocenters. The topological polar surface area (TPSA) is 70.4 Å². The molecule has 0 spiro atoms. The van der Waals surface area contributed by atoms with Crippen molar-refractivity contribution >= 4 is 39.1 Å². The van der Waals surface area contributed by atoms with Crippen molar-refractivity contribution in [3.05, 3.63) is 30.2 Å². The first-order chi connectivity index (χ1) is 12.7. The standard InChI is InChI=1S/C17H19N7OS/c1-21-5-6-23(17(21)25)13-8-20-24(10-13)12-2-4-22(9-12)16-15-14(3-7-26-15)18-11-19-16/h3,7-8,10-12H,2,4-6,9H2,1H3. The van der Waals surface area contributed by atoms with Crippen molar-refractivity contribution in [3.8, 4) is 0 Å². The third-order valence-electron chi connectivity index (χ3n) is 5.18. The predicted molar refractivity (Wildman–Crippen MR) is 101 cm³/mol. The summed E-state index contributed by atoms with van der Waals surface area (Å²) in [7, 11) is 1.83. The Hall–Kier alpha value is -2.68. The number of hydrogen-bond donors (Lipinski definition) is 0. The van der Waals surface area contributed by atoms with Gasteiger partial charge in [-0.05, 0) is 17.9 Å². The fraction of sp³-hybridized carbons (Fsp3) is 0.412. The minimum absolute atomic E-state index is 0.0404. The maximum Gasteiger partial charge on any atom is 0.324 e. The maximum atomic E-state index is 12.2. The second-order valence-corrected chi connectivity index (χ2v) is 7.67. The molecule has 1 atom stereocenters. The molecule has 2 amide bonds. The van der Waals surface area contributed by atoms with E-state index in [-0.39, 0.29) is 12.1 Å². The van der Waals surface area contributed by atoms with E-state index in [1.807, 2.05) is 24.0 Å². The van der Waals surface area contributed by atoms with Gasteiger partial charge in [0.2, 0.25) is 0 Å². The van der Waals surface area contributed by atoms with E-state index in [0.717, 1.165) is 54.3 Å². The van der Waals surface area contributed by atoms with E-state index in [4.69, 9.17) is 0 Å². The average molecular weight is 369 g/mol. The Kier molecular flexibility index (Phi) is 3.56. The number of thiophene rings is 1. The van der Waals surface area contributed by atoms with Crippen LogP contribution in [0.5, 0.6) is 0 Å². The number of carbonyl (C=O) groups excluding carboxylic acids is 1. The van der Waals surface area contributed by atoms with Crippen LogP contribution < -0.4 is 9.80 Å². The van der Waals surface area contributed by atoms with Crippen LogP contribution in [-0.2, 0) is 0 Å². The Morgan fingerprint density at radius 2 is 2.15 bits per heavy atom. The molecule has 0 N–H and O–H groups in total. The Bertz CT molecular complexity index is 967. The van der Waals surface area contributed by atoms with Crippen LogP contribution >= 0.6 is 11.3 Å². The lowest BCUT2D eigenvalue weighted by atomic mass is 10.3. The molecule has 134 valence electrons. The minimum Gasteiger partial charge on any atom is -0.353 e. The van der Waals surface area contributed by atoms with Crippen LogP contribution in [0, 0.1) is 0 Å². The molecule has 3 aromatic rings. The van der Waals surface area contributed by atoms with Crippen molar-refractivity contribution in [2.45, 2.75) is 12.5 Å². The van der Waals surface area contributed by atoms with Crippen molar-refractivity contribution < 1.29 is 4.79 Å². The fourth-order valence-corrected chi connectivity index (χ4v) is 4.57. The van der Waals surface area contributed by atoms with Gasteiger partial charge >= 0.3 is 6.03 Å². The maximum absolute atomic E-state index is 12.2. The smallest absolute Gasteiger partial charge is 0.324 e. The molecule has 2 fully saturated rings. The molecule has 9 heteroatoms. The zero-order valence-electron chi connectivity index (χ0n) is 14.4. The van der Waals surface area contributed by atoms with Crippen LogP contribution in [0.15, 0.2) is 30.2 Å². The average Bonchev–Trinajstić information content (AvgIpc) is 3.42. The second kappa shape index (κ2) is 5.94. The number of rotatable bonds is 3. The van der Waals surface area contributed by atoms with Gasteiger partial charge in [0.25, 0.3) is 0 Å². The number of likely N-dealkylation sites (N-methyl/N-ethyl adjacent to an activating group) is 1. The predicted octanol–water partition coefficient (Wildman–Crippen LogP) is 2.21. The van der Waals surface area contributed by atoms with E-state index in [1.54, 1.807) is 33.7 Å². The van der Waals surface area contributed by atoms with Gasteiger partial charge in [0.15, 0.2) is 0 Å². The lowest BCUT2D eigenvalue weighted by Gasteiger charge is -2.18. The number of hydrogen-bond acceptors (Lipinski definition) is 6. The second-order valence-electron chi connectivity index (χ2n) is 6.76. The van der Waals surface area contributed by atoms with Crippen LogP contribution in [0.4, 0.5) is 16.3 Å². The third kappa shape index (κ3) is 2.42. The first-order valence-electron chi connectivity index (χ1n) is 8.70. The van der Waals surface area contributed by atoms with Gasteiger partial charge in [-0.25, -0.2) is 14.8 Å². The molecule has 5 rings (SSSR count). The highest BCUT2D eigenvalue weighted by molar-refractivity contribution is 7.17. The van der Waals surface area contributed by atoms with Gasteiger partial charge in [-0.1, -0.05) is 0 Å². The summed E-state index contributed by atoms with van der Waals surface area (Å²) in [6.45, 7) is 3.27. The zero-order chi connectivity index (χ0) is 17.7. The van der Waals surface area contributed by atoms with Gasteiger partial charge in [-0.15, -0.1) is 11.3 Å². The van der Waals surface area contributed by atoms with Gasteiger partial charge in [0.05, 0.1) is 28.1 Å². The van der Waals surface area contributed by atoms with E-state index in [9.17, 15) is 4.79 Å². The van der Waals surface area contributed by atoms with Gasteiger partial charge in [-0.2, -0.15) is 5.10 Å². The molecule has 8 nitrogen and oxygen atoms in total. The van der Waals surface area contributed by atoms with Gasteiger partial charge in [0.1, 0.15) is 12.1 Å². The Balaban J connectivity index is 1.35. The highest BCUT2D eigenvalue weighted by atomic mass is 32.1. The van der Waals surface area contributed by atoms with Crippen LogP contribution in [0.25, 0.3) is 10.2 Å². The molecule has 5 heterocycles. The summed E-state index contributed by atoms with van der Waals surface area (Å²) < 4.78 is 3.13. The number of anilines is 2. The Labute approximate surface area is 154 Å². The molecule has 26 heavy (non-hydrogen) atoms. The van der Waals surface area contributed by atoms with E-state index in [2.05, 4.69) is 25.3 Å². The zero-order valence-corrected chi connectivity index (χ0v) is 15.3.